The summed E-state index contributed by atoms with van der Waals surface area (Å²) in [6, 6.07) is 6.76. The second-order valence-corrected chi connectivity index (χ2v) is 8.31. The molecule has 0 radical (unpaired) electrons. The van der Waals surface area contributed by atoms with E-state index in [2.05, 4.69) is 35.9 Å². The van der Waals surface area contributed by atoms with Crippen LogP contribution >= 0.6 is 0 Å². The van der Waals surface area contributed by atoms with Crippen molar-refractivity contribution < 1.29 is 9.90 Å². The summed E-state index contributed by atoms with van der Waals surface area (Å²) in [6.07, 6.45) is 4.27. The maximum absolute atomic E-state index is 13.8. The number of carbonyl (C=O) groups is 1. The summed E-state index contributed by atoms with van der Waals surface area (Å²) in [5.41, 5.74) is 3.06. The first-order chi connectivity index (χ1) is 11.6. The lowest BCUT2D eigenvalue weighted by atomic mass is 9.65. The van der Waals surface area contributed by atoms with Gasteiger partial charge in [0, 0.05) is 31.6 Å². The van der Waals surface area contributed by atoms with Gasteiger partial charge in [0.25, 0.3) is 0 Å². The fourth-order valence-corrected chi connectivity index (χ4v) is 7.14. The summed E-state index contributed by atoms with van der Waals surface area (Å²) in [4.78, 5) is 18.6. The number of ketones is 1. The van der Waals surface area contributed by atoms with Gasteiger partial charge >= 0.3 is 0 Å². The maximum Gasteiger partial charge on any atom is 0.150 e. The number of allylic oxidation sites excluding steroid dienone is 1. The smallest absolute Gasteiger partial charge is 0.150 e. The molecule has 5 aliphatic heterocycles. The Balaban J connectivity index is 1.64. The highest BCUT2D eigenvalue weighted by Gasteiger charge is 2.74. The van der Waals surface area contributed by atoms with E-state index in [1.807, 2.05) is 6.07 Å². The van der Waals surface area contributed by atoms with E-state index in [9.17, 15) is 9.90 Å². The summed E-state index contributed by atoms with van der Waals surface area (Å²) >= 11 is 0. The molecule has 1 spiro atoms. The normalized spacial score (nSPS) is 48.3. The van der Waals surface area contributed by atoms with Crippen LogP contribution in [0.1, 0.15) is 25.3 Å². The Kier molecular flexibility index (Phi) is 2.18. The van der Waals surface area contributed by atoms with Crippen molar-refractivity contribution in [2.24, 2.45) is 11.8 Å². The van der Waals surface area contributed by atoms with Crippen LogP contribution in [-0.2, 0) is 10.2 Å². The molecule has 0 amide bonds. The molecule has 6 aliphatic rings. The molecule has 1 aromatic carbocycles. The highest BCUT2D eigenvalue weighted by molar-refractivity contribution is 6.02. The highest BCUT2D eigenvalue weighted by Crippen LogP contribution is 2.67. The monoisotopic (exact) mass is 322 g/mol. The minimum absolute atomic E-state index is 0.160. The largest absolute Gasteiger partial charge is 0.506 e. The van der Waals surface area contributed by atoms with Gasteiger partial charge in [-0.15, -0.1) is 0 Å². The van der Waals surface area contributed by atoms with Crippen molar-refractivity contribution in [3.05, 3.63) is 35.4 Å². The van der Waals surface area contributed by atoms with Crippen molar-refractivity contribution in [1.82, 2.24) is 4.90 Å². The lowest BCUT2D eigenvalue weighted by Crippen LogP contribution is -2.68. The lowest BCUT2D eigenvalue weighted by Gasteiger charge is -2.58. The van der Waals surface area contributed by atoms with Gasteiger partial charge in [-0.2, -0.15) is 0 Å². The van der Waals surface area contributed by atoms with Crippen molar-refractivity contribution >= 4 is 11.5 Å². The Morgan fingerprint density at radius 3 is 2.96 bits per heavy atom. The van der Waals surface area contributed by atoms with Gasteiger partial charge in [-0.05, 0) is 37.3 Å². The average molecular weight is 322 g/mol. The Labute approximate surface area is 141 Å². The van der Waals surface area contributed by atoms with E-state index in [-0.39, 0.29) is 12.0 Å². The van der Waals surface area contributed by atoms with Crippen molar-refractivity contribution in [2.75, 3.05) is 18.5 Å². The minimum atomic E-state index is -0.392. The first-order valence-electron chi connectivity index (χ1n) is 9.10. The van der Waals surface area contributed by atoms with Gasteiger partial charge in [-0.25, -0.2) is 0 Å². The van der Waals surface area contributed by atoms with Gasteiger partial charge in [0.15, 0.2) is 5.78 Å². The third-order valence-electron chi connectivity index (χ3n) is 7.82. The van der Waals surface area contributed by atoms with Crippen LogP contribution < -0.4 is 4.90 Å². The molecule has 4 heteroatoms. The van der Waals surface area contributed by atoms with Gasteiger partial charge in [-0.3, -0.25) is 9.69 Å². The Morgan fingerprint density at radius 1 is 1.33 bits per heavy atom. The SMILES string of the molecule is CC=C1CN2[C@@H]3C[C@@]45C(=O)C3[C@@H]1C[C@@H]2[C@H]4N(C)c1c(O)cccc15. The Bertz CT molecular complexity index is 831. The van der Waals surface area contributed by atoms with E-state index in [1.54, 1.807) is 6.07 Å². The molecular formula is C20H22N2O2. The number of aromatic hydroxyl groups is 1. The van der Waals surface area contributed by atoms with Crippen LogP contribution in [0.25, 0.3) is 0 Å². The number of benzene rings is 1. The summed E-state index contributed by atoms with van der Waals surface area (Å²) in [5.74, 6) is 1.37. The maximum atomic E-state index is 13.8. The Morgan fingerprint density at radius 2 is 2.17 bits per heavy atom. The van der Waals surface area contributed by atoms with Crippen LogP contribution in [0.2, 0.25) is 0 Å². The number of hydrogen-bond donors (Lipinski definition) is 1. The molecule has 4 nitrogen and oxygen atoms in total. The van der Waals surface area contributed by atoms with Gasteiger partial charge in [0.1, 0.15) is 5.75 Å². The van der Waals surface area contributed by atoms with Crippen LogP contribution in [0, 0.1) is 11.8 Å². The second-order valence-electron chi connectivity index (χ2n) is 8.31. The number of nitrogens with zero attached hydrogens (tertiary/aromatic N) is 2. The zero-order valence-corrected chi connectivity index (χ0v) is 14.1. The molecule has 1 saturated carbocycles. The fraction of sp³-hybridized carbons (Fsp3) is 0.550. The molecule has 1 aliphatic carbocycles. The molecule has 7 atom stereocenters. The molecule has 7 rings (SSSR count). The molecule has 1 N–H and O–H groups in total. The standard InChI is InChI=1S/C20H22N2O2/c1-3-10-9-22-13-7-11(10)16-14(22)8-20(19(16)24)12-5-4-6-15(23)17(12)21(2)18(13)20/h3-6,11,13-14,16,18,23H,7-9H2,1-2H3/t11-,13-,14-,16?,18-,20+/m1/s1. The number of phenolic OH excluding ortho intramolecular Hbond substituents is 1. The van der Waals surface area contributed by atoms with Crippen LogP contribution in [0.3, 0.4) is 0 Å². The molecule has 24 heavy (non-hydrogen) atoms. The van der Waals surface area contributed by atoms with Crippen molar-refractivity contribution in [3.63, 3.8) is 0 Å². The fourth-order valence-electron chi connectivity index (χ4n) is 7.14. The van der Waals surface area contributed by atoms with E-state index in [1.165, 1.54) is 5.57 Å². The van der Waals surface area contributed by atoms with E-state index in [4.69, 9.17) is 0 Å². The molecule has 0 aromatic heterocycles. The van der Waals surface area contributed by atoms with E-state index < -0.39 is 5.41 Å². The zero-order valence-electron chi connectivity index (χ0n) is 14.1. The number of para-hydroxylation sites is 1. The number of phenols is 1. The molecule has 5 heterocycles. The number of hydrogen-bond acceptors (Lipinski definition) is 4. The average Bonchev–Trinajstić information content (AvgIpc) is 2.98. The predicted molar refractivity (Wildman–Crippen MR) is 91.2 cm³/mol. The van der Waals surface area contributed by atoms with Gasteiger partial charge < -0.3 is 10.0 Å². The molecule has 124 valence electrons. The van der Waals surface area contributed by atoms with Crippen molar-refractivity contribution in [2.45, 2.75) is 43.3 Å². The van der Waals surface area contributed by atoms with Gasteiger partial charge in [0.2, 0.25) is 0 Å². The van der Waals surface area contributed by atoms with E-state index in [0.29, 0.717) is 29.5 Å². The van der Waals surface area contributed by atoms with Crippen LogP contribution in [-0.4, -0.2) is 47.5 Å². The number of piperidine rings is 4. The third kappa shape index (κ3) is 1.13. The van der Waals surface area contributed by atoms with Crippen molar-refractivity contribution in [3.8, 4) is 5.75 Å². The Hall–Kier alpha value is -1.81. The number of carbonyl (C=O) groups excluding carboxylic acids is 1. The molecule has 4 saturated heterocycles. The number of Topliss-reactive ketones (excluding diaryl/α,β-unsaturated/α-hetero) is 1. The summed E-state index contributed by atoms with van der Waals surface area (Å²) in [7, 11) is 2.07. The quantitative estimate of drug-likeness (QED) is 0.743. The lowest BCUT2D eigenvalue weighted by molar-refractivity contribution is -0.126. The zero-order chi connectivity index (χ0) is 16.4. The minimum Gasteiger partial charge on any atom is -0.506 e. The van der Waals surface area contributed by atoms with E-state index in [0.717, 1.165) is 30.6 Å². The molecule has 5 fully saturated rings. The number of likely N-dealkylation sites (N-methyl/N-ethyl adjacent to an activating group) is 1. The molecule has 2 unspecified atom stereocenters. The van der Waals surface area contributed by atoms with Crippen LogP contribution in [0.15, 0.2) is 29.8 Å². The first-order valence-corrected chi connectivity index (χ1v) is 9.10. The second kappa shape index (κ2) is 3.88. The number of anilines is 1. The van der Waals surface area contributed by atoms with Gasteiger partial charge in [-0.1, -0.05) is 23.8 Å². The predicted octanol–water partition coefficient (Wildman–Crippen LogP) is 2.07. The van der Waals surface area contributed by atoms with Crippen LogP contribution in [0.5, 0.6) is 5.75 Å². The molecule has 5 bridgehead atoms. The summed E-state index contributed by atoms with van der Waals surface area (Å²) in [5, 5.41) is 10.5. The first kappa shape index (κ1) is 13.5. The summed E-state index contributed by atoms with van der Waals surface area (Å²) in [6.45, 7) is 3.15. The van der Waals surface area contributed by atoms with Gasteiger partial charge in [0.05, 0.1) is 17.1 Å². The molecule has 1 aromatic rings. The topological polar surface area (TPSA) is 43.8 Å². The van der Waals surface area contributed by atoms with E-state index >= 15 is 0 Å². The van der Waals surface area contributed by atoms with Crippen LogP contribution in [0.4, 0.5) is 5.69 Å². The summed E-state index contributed by atoms with van der Waals surface area (Å²) < 4.78 is 0. The van der Waals surface area contributed by atoms with Crippen molar-refractivity contribution in [1.29, 1.82) is 0 Å². The molecular weight excluding hydrogens is 300 g/mol. The third-order valence-corrected chi connectivity index (χ3v) is 7.82. The highest BCUT2D eigenvalue weighted by atomic mass is 16.3. The number of fused-ring (bicyclic) bond motifs is 2. The number of rotatable bonds is 0.